The van der Waals surface area contributed by atoms with Crippen LogP contribution in [-0.4, -0.2) is 20.3 Å². The van der Waals surface area contributed by atoms with Crippen molar-refractivity contribution in [3.05, 3.63) is 96.1 Å². The number of nitrogens with one attached hydrogen (secondary N) is 1. The topological polar surface area (TPSA) is 56.8 Å². The lowest BCUT2D eigenvalue weighted by Gasteiger charge is -2.41. The van der Waals surface area contributed by atoms with Gasteiger partial charge in [-0.2, -0.15) is 0 Å². The van der Waals surface area contributed by atoms with Gasteiger partial charge in [-0.15, -0.1) is 0 Å². The molecule has 1 atom stereocenters. The lowest BCUT2D eigenvalue weighted by molar-refractivity contribution is 0.199. The number of methoxy groups -OCH3 is 1. The maximum Gasteiger partial charge on any atom is 0.360 e. The van der Waals surface area contributed by atoms with Crippen LogP contribution in [0.3, 0.4) is 0 Å². The Balaban J connectivity index is 2.21. The quantitative estimate of drug-likeness (QED) is 0.347. The molecule has 0 aliphatic carbocycles. The molecule has 0 spiro atoms. The van der Waals surface area contributed by atoms with Crippen molar-refractivity contribution in [2.75, 3.05) is 25.6 Å². The fraction of sp³-hybridized carbons (Fsp3) is 0.280. The third kappa shape index (κ3) is 5.19. The minimum atomic E-state index is -3.67. The lowest BCUT2D eigenvalue weighted by atomic mass is 9.97. The Bertz CT molecular complexity index is 969. The molecule has 5 nitrogen and oxygen atoms in total. The average Bonchev–Trinajstić information content (AvgIpc) is 2.80. The number of rotatable bonds is 11. The molecule has 1 unspecified atom stereocenters. The van der Waals surface area contributed by atoms with Crippen LogP contribution in [0.1, 0.15) is 25.0 Å². The predicted molar refractivity (Wildman–Crippen MR) is 126 cm³/mol. The number of ether oxygens (including phenoxy) is 1. The van der Waals surface area contributed by atoms with Crippen LogP contribution in [0.4, 0.5) is 5.69 Å². The molecule has 0 saturated carbocycles. The van der Waals surface area contributed by atoms with Crippen LogP contribution >= 0.6 is 7.60 Å². The fourth-order valence-corrected chi connectivity index (χ4v) is 5.96. The van der Waals surface area contributed by atoms with Gasteiger partial charge in [0, 0.05) is 12.1 Å². The Morgan fingerprint density at radius 1 is 0.806 bits per heavy atom. The first-order chi connectivity index (χ1) is 15.1. The van der Waals surface area contributed by atoms with Crippen LogP contribution in [0.25, 0.3) is 0 Å². The van der Waals surface area contributed by atoms with Crippen LogP contribution in [0.15, 0.2) is 84.9 Å². The van der Waals surface area contributed by atoms with E-state index in [1.54, 1.807) is 7.11 Å². The summed E-state index contributed by atoms with van der Waals surface area (Å²) >= 11 is 0. The van der Waals surface area contributed by atoms with Crippen molar-refractivity contribution < 1.29 is 18.3 Å². The summed E-state index contributed by atoms with van der Waals surface area (Å²) < 4.78 is 31.6. The Labute approximate surface area is 184 Å². The zero-order valence-electron chi connectivity index (χ0n) is 18.3. The molecule has 3 aromatic carbocycles. The minimum absolute atomic E-state index is 0.269. The number of benzene rings is 3. The van der Waals surface area contributed by atoms with Gasteiger partial charge in [0.05, 0.1) is 20.3 Å². The zero-order chi connectivity index (χ0) is 22.2. The summed E-state index contributed by atoms with van der Waals surface area (Å²) in [6.45, 7) is 4.20. The van der Waals surface area contributed by atoms with Gasteiger partial charge in [-0.25, -0.2) is 0 Å². The standard InChI is InChI=1S/C25H30NO4P/c1-4-29-31(27,30-5-2)25(22-14-10-7-11-15-22,20-21-12-8-6-9-13-21)26-23-16-18-24(28-3)19-17-23/h6-19,26H,4-5,20H2,1-3H3. The van der Waals surface area contributed by atoms with E-state index in [0.29, 0.717) is 6.42 Å². The maximum absolute atomic E-state index is 14.4. The predicted octanol–water partition coefficient (Wildman–Crippen LogP) is 6.47. The van der Waals surface area contributed by atoms with E-state index in [2.05, 4.69) is 5.32 Å². The average molecular weight is 439 g/mol. The molecular weight excluding hydrogens is 409 g/mol. The van der Waals surface area contributed by atoms with Gasteiger partial charge < -0.3 is 19.1 Å². The maximum atomic E-state index is 14.4. The van der Waals surface area contributed by atoms with Crippen molar-refractivity contribution in [2.24, 2.45) is 0 Å². The normalized spacial score (nSPS) is 13.4. The Kier molecular flexibility index (Phi) is 7.91. The van der Waals surface area contributed by atoms with E-state index in [0.717, 1.165) is 22.6 Å². The Hall–Kier alpha value is -2.59. The second kappa shape index (κ2) is 10.6. The first-order valence-corrected chi connectivity index (χ1v) is 12.0. The van der Waals surface area contributed by atoms with Crippen LogP contribution in [-0.2, 0) is 25.3 Å². The van der Waals surface area contributed by atoms with Crippen molar-refractivity contribution in [3.63, 3.8) is 0 Å². The molecule has 164 valence electrons. The molecule has 0 heterocycles. The third-order valence-corrected chi connectivity index (χ3v) is 7.72. The smallest absolute Gasteiger partial charge is 0.360 e. The molecule has 0 radical (unpaired) electrons. The van der Waals surface area contributed by atoms with Gasteiger partial charge in [0.15, 0.2) is 5.28 Å². The SMILES string of the molecule is CCOP(=O)(OCC)C(Cc1ccccc1)(Nc1ccc(OC)cc1)c1ccccc1. The first kappa shape index (κ1) is 23.1. The van der Waals surface area contributed by atoms with Gasteiger partial charge in [-0.3, -0.25) is 4.57 Å². The summed E-state index contributed by atoms with van der Waals surface area (Å²) in [5.41, 5.74) is 2.65. The second-order valence-corrected chi connectivity index (χ2v) is 9.35. The second-order valence-electron chi connectivity index (χ2n) is 7.08. The third-order valence-electron chi connectivity index (χ3n) is 5.06. The van der Waals surface area contributed by atoms with Gasteiger partial charge >= 0.3 is 7.60 Å². The van der Waals surface area contributed by atoms with Gasteiger partial charge in [0.25, 0.3) is 0 Å². The van der Waals surface area contributed by atoms with Gasteiger partial charge in [-0.05, 0) is 49.2 Å². The molecule has 0 amide bonds. The lowest BCUT2D eigenvalue weighted by Crippen LogP contribution is -2.39. The molecule has 0 fully saturated rings. The van der Waals surface area contributed by atoms with Crippen molar-refractivity contribution in [1.29, 1.82) is 0 Å². The zero-order valence-corrected chi connectivity index (χ0v) is 19.2. The molecular formula is C25H30NO4P. The molecule has 0 aliphatic rings. The van der Waals surface area contributed by atoms with Gasteiger partial charge in [-0.1, -0.05) is 60.7 Å². The fourth-order valence-electron chi connectivity index (χ4n) is 3.66. The van der Waals surface area contributed by atoms with Gasteiger partial charge in [0.2, 0.25) is 0 Å². The summed E-state index contributed by atoms with van der Waals surface area (Å²) in [6.07, 6.45) is 0.418. The number of anilines is 1. The van der Waals surface area contributed by atoms with Crippen molar-refractivity contribution in [3.8, 4) is 5.75 Å². The largest absolute Gasteiger partial charge is 0.497 e. The summed E-state index contributed by atoms with van der Waals surface area (Å²) in [5.74, 6) is 0.747. The molecule has 3 rings (SSSR count). The van der Waals surface area contributed by atoms with E-state index in [4.69, 9.17) is 13.8 Å². The first-order valence-electron chi connectivity index (χ1n) is 10.5. The highest BCUT2D eigenvalue weighted by Crippen LogP contribution is 2.66. The summed E-state index contributed by atoms with van der Waals surface area (Å²) in [7, 11) is -2.04. The van der Waals surface area contributed by atoms with Crippen molar-refractivity contribution in [1.82, 2.24) is 0 Å². The monoisotopic (exact) mass is 439 g/mol. The molecule has 0 aromatic heterocycles. The Morgan fingerprint density at radius 3 is 1.87 bits per heavy atom. The number of hydrogen-bond acceptors (Lipinski definition) is 5. The highest BCUT2D eigenvalue weighted by molar-refractivity contribution is 7.55. The van der Waals surface area contributed by atoms with E-state index in [-0.39, 0.29) is 13.2 Å². The van der Waals surface area contributed by atoms with Gasteiger partial charge in [0.1, 0.15) is 5.75 Å². The molecule has 0 bridgehead atoms. The van der Waals surface area contributed by atoms with E-state index >= 15 is 0 Å². The van der Waals surface area contributed by atoms with E-state index < -0.39 is 12.9 Å². The van der Waals surface area contributed by atoms with E-state index in [9.17, 15) is 4.57 Å². The molecule has 0 aliphatic heterocycles. The molecule has 3 aromatic rings. The molecule has 1 N–H and O–H groups in total. The van der Waals surface area contributed by atoms with Crippen LogP contribution in [0, 0.1) is 0 Å². The van der Waals surface area contributed by atoms with Crippen molar-refractivity contribution in [2.45, 2.75) is 25.5 Å². The molecule has 0 saturated heterocycles. The van der Waals surface area contributed by atoms with Crippen molar-refractivity contribution >= 4 is 13.3 Å². The van der Waals surface area contributed by atoms with Crippen LogP contribution in [0.2, 0.25) is 0 Å². The van der Waals surface area contributed by atoms with Crippen LogP contribution in [0.5, 0.6) is 5.75 Å². The van der Waals surface area contributed by atoms with E-state index in [1.807, 2.05) is 98.8 Å². The number of hydrogen-bond donors (Lipinski definition) is 1. The summed E-state index contributed by atoms with van der Waals surface area (Å²) in [5, 5.41) is 2.42. The summed E-state index contributed by atoms with van der Waals surface area (Å²) in [6, 6.07) is 27.3. The van der Waals surface area contributed by atoms with E-state index in [1.165, 1.54) is 0 Å². The molecule has 31 heavy (non-hydrogen) atoms. The van der Waals surface area contributed by atoms with Crippen LogP contribution < -0.4 is 10.1 Å². The molecule has 6 heteroatoms. The minimum Gasteiger partial charge on any atom is -0.497 e. The highest BCUT2D eigenvalue weighted by atomic mass is 31.2. The summed E-state index contributed by atoms with van der Waals surface area (Å²) in [4.78, 5) is 0. The highest BCUT2D eigenvalue weighted by Gasteiger charge is 2.52. The Morgan fingerprint density at radius 2 is 1.35 bits per heavy atom.